The van der Waals surface area contributed by atoms with Crippen molar-refractivity contribution in [2.45, 2.75) is 0 Å². The quantitative estimate of drug-likeness (QED) is 0.799. The van der Waals surface area contributed by atoms with E-state index in [-0.39, 0.29) is 11.7 Å². The first-order valence-electron chi connectivity index (χ1n) is 6.65. The second-order valence-electron chi connectivity index (χ2n) is 4.68. The summed E-state index contributed by atoms with van der Waals surface area (Å²) in [6, 6.07) is 13.4. The van der Waals surface area contributed by atoms with Gasteiger partial charge in [-0.2, -0.15) is 4.99 Å². The number of benzene rings is 2. The summed E-state index contributed by atoms with van der Waals surface area (Å²) < 4.78 is 0. The van der Waals surface area contributed by atoms with Crippen LogP contribution >= 0.6 is 35.0 Å². The fourth-order valence-corrected chi connectivity index (χ4v) is 3.26. The van der Waals surface area contributed by atoms with E-state index in [1.165, 1.54) is 16.7 Å². The average Bonchev–Trinajstić information content (AvgIpc) is 2.89. The molecule has 0 saturated carbocycles. The number of carbonyl (C=O) groups is 2. The minimum atomic E-state index is -0.434. The molecule has 1 aliphatic heterocycles. The van der Waals surface area contributed by atoms with E-state index >= 15 is 0 Å². The minimum Gasteiger partial charge on any atom is -0.273 e. The number of hydrogen-bond donors (Lipinski definition) is 0. The van der Waals surface area contributed by atoms with E-state index in [1.54, 1.807) is 48.5 Å². The van der Waals surface area contributed by atoms with E-state index in [0.29, 0.717) is 26.5 Å². The van der Waals surface area contributed by atoms with Crippen LogP contribution in [0.15, 0.2) is 53.5 Å². The Morgan fingerprint density at radius 3 is 2.48 bits per heavy atom. The van der Waals surface area contributed by atoms with Crippen molar-refractivity contribution in [1.29, 1.82) is 0 Å². The van der Waals surface area contributed by atoms with E-state index in [2.05, 4.69) is 4.99 Å². The van der Waals surface area contributed by atoms with Crippen LogP contribution in [-0.4, -0.2) is 22.7 Å². The minimum absolute atomic E-state index is 0.161. The van der Waals surface area contributed by atoms with Crippen molar-refractivity contribution in [3.05, 3.63) is 64.1 Å². The van der Waals surface area contributed by atoms with Gasteiger partial charge < -0.3 is 0 Å². The Hall–Kier alpha value is -1.82. The van der Waals surface area contributed by atoms with Crippen molar-refractivity contribution in [2.24, 2.45) is 4.99 Å². The van der Waals surface area contributed by atoms with Gasteiger partial charge in [-0.15, -0.1) is 0 Å². The van der Waals surface area contributed by atoms with Gasteiger partial charge in [0, 0.05) is 10.6 Å². The lowest BCUT2D eigenvalue weighted by Crippen LogP contribution is -2.30. The molecule has 0 atom stereocenters. The molecule has 0 N–H and O–H groups in total. The van der Waals surface area contributed by atoms with Crippen LogP contribution in [0.4, 0.5) is 5.69 Å². The van der Waals surface area contributed by atoms with Crippen molar-refractivity contribution in [2.75, 3.05) is 10.7 Å². The van der Waals surface area contributed by atoms with Crippen LogP contribution in [0.5, 0.6) is 0 Å². The number of halogens is 2. The lowest BCUT2D eigenvalue weighted by Gasteiger charge is -2.17. The molecule has 0 aliphatic carbocycles. The van der Waals surface area contributed by atoms with Crippen LogP contribution < -0.4 is 4.90 Å². The van der Waals surface area contributed by atoms with Gasteiger partial charge in [0.05, 0.1) is 16.5 Å². The van der Waals surface area contributed by atoms with Crippen molar-refractivity contribution >= 4 is 57.6 Å². The average molecular weight is 365 g/mol. The van der Waals surface area contributed by atoms with Gasteiger partial charge in [0.15, 0.2) is 5.17 Å². The summed E-state index contributed by atoms with van der Waals surface area (Å²) in [6.07, 6.45) is 0. The number of aliphatic imine (C=N–C) groups is 1. The Balaban J connectivity index is 1.94. The molecule has 116 valence electrons. The second kappa shape index (κ2) is 6.74. The molecule has 3 rings (SSSR count). The molecular weight excluding hydrogens is 355 g/mol. The SMILES string of the molecule is O=C(N=C1SCC(=O)N1c1ccccc1Cl)c1ccc(Cl)cc1. The Kier molecular flexibility index (Phi) is 4.71. The Bertz CT molecular complexity index is 806. The maximum atomic E-state index is 12.3. The summed E-state index contributed by atoms with van der Waals surface area (Å²) in [7, 11) is 0. The Morgan fingerprint density at radius 1 is 1.09 bits per heavy atom. The number of hydrogen-bond acceptors (Lipinski definition) is 3. The molecule has 1 fully saturated rings. The van der Waals surface area contributed by atoms with Crippen molar-refractivity contribution in [1.82, 2.24) is 0 Å². The molecule has 1 aliphatic rings. The zero-order valence-electron chi connectivity index (χ0n) is 11.7. The van der Waals surface area contributed by atoms with E-state index in [4.69, 9.17) is 23.2 Å². The van der Waals surface area contributed by atoms with E-state index in [0.717, 1.165) is 0 Å². The maximum Gasteiger partial charge on any atom is 0.279 e. The smallest absolute Gasteiger partial charge is 0.273 e. The molecule has 0 bridgehead atoms. The summed E-state index contributed by atoms with van der Waals surface area (Å²) >= 11 is 13.2. The number of amidine groups is 1. The highest BCUT2D eigenvalue weighted by Gasteiger charge is 2.31. The molecule has 1 heterocycles. The molecule has 2 amide bonds. The van der Waals surface area contributed by atoms with Crippen LogP contribution in [0, 0.1) is 0 Å². The van der Waals surface area contributed by atoms with Crippen LogP contribution in [0.1, 0.15) is 10.4 Å². The van der Waals surface area contributed by atoms with Gasteiger partial charge in [0.1, 0.15) is 0 Å². The number of para-hydroxylation sites is 1. The largest absolute Gasteiger partial charge is 0.279 e. The van der Waals surface area contributed by atoms with Gasteiger partial charge in [-0.25, -0.2) is 0 Å². The highest BCUT2D eigenvalue weighted by atomic mass is 35.5. The highest BCUT2D eigenvalue weighted by molar-refractivity contribution is 8.15. The van der Waals surface area contributed by atoms with Crippen LogP contribution in [0.3, 0.4) is 0 Å². The topological polar surface area (TPSA) is 49.7 Å². The van der Waals surface area contributed by atoms with Gasteiger partial charge in [-0.1, -0.05) is 47.1 Å². The molecular formula is C16H10Cl2N2O2S. The van der Waals surface area contributed by atoms with Gasteiger partial charge in [0.2, 0.25) is 5.91 Å². The Labute approximate surface area is 147 Å². The number of anilines is 1. The predicted molar refractivity (Wildman–Crippen MR) is 94.6 cm³/mol. The highest BCUT2D eigenvalue weighted by Crippen LogP contribution is 2.32. The van der Waals surface area contributed by atoms with Crippen molar-refractivity contribution < 1.29 is 9.59 Å². The molecule has 23 heavy (non-hydrogen) atoms. The normalized spacial score (nSPS) is 16.2. The fourth-order valence-electron chi connectivity index (χ4n) is 2.06. The molecule has 7 heteroatoms. The summed E-state index contributed by atoms with van der Waals surface area (Å²) in [5, 5.41) is 1.29. The molecule has 2 aromatic rings. The van der Waals surface area contributed by atoms with Gasteiger partial charge >= 0.3 is 0 Å². The summed E-state index contributed by atoms with van der Waals surface area (Å²) in [4.78, 5) is 29.8. The first kappa shape index (κ1) is 16.1. The molecule has 4 nitrogen and oxygen atoms in total. The third-order valence-electron chi connectivity index (χ3n) is 3.15. The third-order valence-corrected chi connectivity index (χ3v) is 4.64. The lowest BCUT2D eigenvalue weighted by atomic mass is 10.2. The fraction of sp³-hybridized carbons (Fsp3) is 0.0625. The number of thioether (sulfide) groups is 1. The molecule has 1 saturated heterocycles. The van der Waals surface area contributed by atoms with E-state index in [9.17, 15) is 9.59 Å². The number of carbonyl (C=O) groups excluding carboxylic acids is 2. The van der Waals surface area contributed by atoms with Gasteiger partial charge in [-0.05, 0) is 36.4 Å². The zero-order chi connectivity index (χ0) is 16.4. The summed E-state index contributed by atoms with van der Waals surface area (Å²) in [5.74, 6) is -0.375. The van der Waals surface area contributed by atoms with Gasteiger partial charge in [-0.3, -0.25) is 14.5 Å². The Morgan fingerprint density at radius 2 is 1.78 bits per heavy atom. The van der Waals surface area contributed by atoms with Crippen LogP contribution in [0.25, 0.3) is 0 Å². The first-order valence-corrected chi connectivity index (χ1v) is 8.39. The maximum absolute atomic E-state index is 12.3. The molecule has 2 aromatic carbocycles. The molecule has 0 aromatic heterocycles. The predicted octanol–water partition coefficient (Wildman–Crippen LogP) is 4.27. The summed E-state index contributed by atoms with van der Waals surface area (Å²) in [6.45, 7) is 0. The third kappa shape index (κ3) is 3.42. The number of rotatable bonds is 2. The standard InChI is InChI=1S/C16H10Cl2N2O2S/c17-11-7-5-10(6-8-11)15(22)19-16-20(14(21)9-23-16)13-4-2-1-3-12(13)18/h1-8H,9H2. The molecule has 0 unspecified atom stereocenters. The lowest BCUT2D eigenvalue weighted by molar-refractivity contribution is -0.115. The van der Waals surface area contributed by atoms with E-state index < -0.39 is 5.91 Å². The van der Waals surface area contributed by atoms with Crippen molar-refractivity contribution in [3.63, 3.8) is 0 Å². The van der Waals surface area contributed by atoms with Gasteiger partial charge in [0.25, 0.3) is 5.91 Å². The second-order valence-corrected chi connectivity index (χ2v) is 6.46. The van der Waals surface area contributed by atoms with Crippen LogP contribution in [0.2, 0.25) is 10.0 Å². The molecule has 0 radical (unpaired) electrons. The zero-order valence-corrected chi connectivity index (χ0v) is 14.0. The summed E-state index contributed by atoms with van der Waals surface area (Å²) in [5.41, 5.74) is 0.924. The van der Waals surface area contributed by atoms with Crippen LogP contribution in [-0.2, 0) is 4.79 Å². The molecule has 0 spiro atoms. The first-order chi connectivity index (χ1) is 11.1. The number of amides is 2. The van der Waals surface area contributed by atoms with Crippen molar-refractivity contribution in [3.8, 4) is 0 Å². The number of nitrogens with zero attached hydrogens (tertiary/aromatic N) is 2. The van der Waals surface area contributed by atoms with E-state index in [1.807, 2.05) is 0 Å². The monoisotopic (exact) mass is 364 g/mol.